The van der Waals surface area contributed by atoms with E-state index in [1.807, 2.05) is 6.07 Å². The van der Waals surface area contributed by atoms with Gasteiger partial charge in [0, 0.05) is 11.1 Å². The predicted molar refractivity (Wildman–Crippen MR) is 191 cm³/mol. The summed E-state index contributed by atoms with van der Waals surface area (Å²) in [4.78, 5) is 38.1. The number of rotatable bonds is 10. The molecule has 0 bridgehead atoms. The molecule has 248 valence electrons. The zero-order valence-corrected chi connectivity index (χ0v) is 31.1. The maximum atomic E-state index is 12.8. The van der Waals surface area contributed by atoms with E-state index in [0.717, 1.165) is 0 Å². The number of hydrogen-bond donors (Lipinski definition) is 1. The van der Waals surface area contributed by atoms with Crippen molar-refractivity contribution in [2.45, 2.75) is 71.9 Å². The van der Waals surface area contributed by atoms with Crippen LogP contribution in [0.5, 0.6) is 5.75 Å². The summed E-state index contributed by atoms with van der Waals surface area (Å²) in [6.45, 7) is 14.2. The first-order valence-corrected chi connectivity index (χ1v) is 22.4. The third-order valence-corrected chi connectivity index (χ3v) is 8.33. The van der Waals surface area contributed by atoms with E-state index >= 15 is 0 Å². The third kappa shape index (κ3) is 11.9. The molecule has 0 radical (unpaired) electrons. The highest BCUT2D eigenvalue weighted by Crippen LogP contribution is 2.29. The molecule has 8 nitrogen and oxygen atoms in total. The number of aromatic hydroxyl groups is 1. The molecule has 1 aromatic rings. The SMILES string of the molecule is COC1=C(OC)C(=O)C(CCCCCOC(=O)/C(C#N)=C/c2cc(C#CC#C[Si](C)(C)C)c(O)c(C#CC#C[Si](C)(C)C)c2)=C(C)C1=O. The van der Waals surface area contributed by atoms with Gasteiger partial charge in [0.1, 0.15) is 33.5 Å². The van der Waals surface area contributed by atoms with Gasteiger partial charge in [-0.3, -0.25) is 9.59 Å². The van der Waals surface area contributed by atoms with Crippen molar-refractivity contribution in [2.75, 3.05) is 20.8 Å². The molecule has 0 aromatic heterocycles. The molecule has 0 saturated carbocycles. The molecule has 1 aliphatic rings. The molecule has 10 heteroatoms. The first-order valence-electron chi connectivity index (χ1n) is 15.4. The van der Waals surface area contributed by atoms with Gasteiger partial charge >= 0.3 is 5.97 Å². The van der Waals surface area contributed by atoms with Crippen molar-refractivity contribution in [3.8, 4) is 58.4 Å². The van der Waals surface area contributed by atoms with Crippen LogP contribution in [0.3, 0.4) is 0 Å². The normalized spacial score (nSPS) is 13.0. The van der Waals surface area contributed by atoms with Crippen LogP contribution in [0.4, 0.5) is 0 Å². The van der Waals surface area contributed by atoms with Crippen LogP contribution in [0.2, 0.25) is 39.3 Å². The number of nitrogens with zero attached hydrogens (tertiary/aromatic N) is 1. The second kappa shape index (κ2) is 17.7. The summed E-state index contributed by atoms with van der Waals surface area (Å²) in [6, 6.07) is 4.99. The minimum atomic E-state index is -1.65. The van der Waals surface area contributed by atoms with Crippen molar-refractivity contribution in [3.63, 3.8) is 0 Å². The molecular formula is C38H41NO7Si2. The summed E-state index contributed by atoms with van der Waals surface area (Å²) in [7, 11) is -0.664. The van der Waals surface area contributed by atoms with Gasteiger partial charge in [-0.05, 0) is 91.9 Å². The lowest BCUT2D eigenvalue weighted by molar-refractivity contribution is -0.138. The summed E-state index contributed by atoms with van der Waals surface area (Å²) < 4.78 is 15.5. The number of esters is 1. The minimum Gasteiger partial charge on any atom is -0.505 e. The Morgan fingerprint density at radius 2 is 1.35 bits per heavy atom. The average molecular weight is 680 g/mol. The van der Waals surface area contributed by atoms with E-state index in [-0.39, 0.29) is 52.1 Å². The molecule has 0 heterocycles. The van der Waals surface area contributed by atoms with Gasteiger partial charge in [0.2, 0.25) is 23.1 Å². The largest absolute Gasteiger partial charge is 0.505 e. The van der Waals surface area contributed by atoms with Crippen LogP contribution in [0, 0.1) is 57.9 Å². The van der Waals surface area contributed by atoms with E-state index in [9.17, 15) is 24.8 Å². The molecule has 0 atom stereocenters. The maximum Gasteiger partial charge on any atom is 0.348 e. The van der Waals surface area contributed by atoms with Gasteiger partial charge in [-0.25, -0.2) is 4.79 Å². The number of ketones is 2. The van der Waals surface area contributed by atoms with Crippen LogP contribution in [-0.2, 0) is 28.6 Å². The zero-order chi connectivity index (χ0) is 36.1. The van der Waals surface area contributed by atoms with Crippen molar-refractivity contribution in [2.24, 2.45) is 0 Å². The van der Waals surface area contributed by atoms with Crippen molar-refractivity contribution in [1.29, 1.82) is 5.26 Å². The average Bonchev–Trinajstić information content (AvgIpc) is 3.01. The zero-order valence-electron chi connectivity index (χ0n) is 29.1. The molecule has 1 aliphatic carbocycles. The van der Waals surface area contributed by atoms with Crippen molar-refractivity contribution in [1.82, 2.24) is 0 Å². The molecule has 1 N–H and O–H groups in total. The Balaban J connectivity index is 2.19. The molecule has 1 aromatic carbocycles. The van der Waals surface area contributed by atoms with Gasteiger partial charge in [0.25, 0.3) is 0 Å². The van der Waals surface area contributed by atoms with E-state index in [4.69, 9.17) is 14.2 Å². The lowest BCUT2D eigenvalue weighted by Crippen LogP contribution is -2.25. The van der Waals surface area contributed by atoms with Gasteiger partial charge in [0.15, 0.2) is 0 Å². The number of carbonyl (C=O) groups excluding carboxylic acids is 3. The molecule has 0 saturated heterocycles. The minimum absolute atomic E-state index is 0.0500. The summed E-state index contributed by atoms with van der Waals surface area (Å²) in [5, 5.41) is 20.6. The number of Topliss-reactive ketones (excluding diaryl/α,β-unsaturated/α-hetero) is 2. The van der Waals surface area contributed by atoms with Gasteiger partial charge in [-0.2, -0.15) is 5.26 Å². The lowest BCUT2D eigenvalue weighted by atomic mass is 9.89. The fraction of sp³-hybridized carbons (Fsp3) is 0.368. The smallest absolute Gasteiger partial charge is 0.348 e. The molecule has 0 aliphatic heterocycles. The lowest BCUT2D eigenvalue weighted by Gasteiger charge is -2.20. The number of carbonyl (C=O) groups is 3. The Hall–Kier alpha value is -5.19. The fourth-order valence-corrected chi connectivity index (χ4v) is 5.06. The Morgan fingerprint density at radius 1 is 0.833 bits per heavy atom. The third-order valence-electron chi connectivity index (χ3n) is 6.58. The van der Waals surface area contributed by atoms with Gasteiger partial charge in [0.05, 0.1) is 32.0 Å². The quantitative estimate of drug-likeness (QED) is 0.0623. The van der Waals surface area contributed by atoms with Crippen LogP contribution >= 0.6 is 0 Å². The number of methoxy groups -OCH3 is 2. The van der Waals surface area contributed by atoms with E-state index in [2.05, 4.69) is 85.9 Å². The van der Waals surface area contributed by atoms with E-state index in [1.54, 1.807) is 19.1 Å². The fourth-order valence-electron chi connectivity index (χ4n) is 4.18. The number of unbranched alkanes of at least 4 members (excludes halogenated alkanes) is 2. The Morgan fingerprint density at radius 3 is 1.83 bits per heavy atom. The highest BCUT2D eigenvalue weighted by molar-refractivity contribution is 6.84. The van der Waals surface area contributed by atoms with Crippen molar-refractivity contribution < 1.29 is 33.7 Å². The summed E-state index contributed by atoms with van der Waals surface area (Å²) in [6.07, 6.45) is 3.35. The van der Waals surface area contributed by atoms with Crippen LogP contribution in [-0.4, -0.2) is 59.6 Å². The molecule has 48 heavy (non-hydrogen) atoms. The Bertz CT molecular complexity index is 1790. The number of hydrogen-bond acceptors (Lipinski definition) is 8. The number of phenols is 1. The molecule has 0 spiro atoms. The second-order valence-electron chi connectivity index (χ2n) is 12.9. The predicted octanol–water partition coefficient (Wildman–Crippen LogP) is 5.84. The van der Waals surface area contributed by atoms with Crippen molar-refractivity contribution >= 4 is 39.8 Å². The standard InChI is InChI=1S/C38H41NO7Si2/c1-27-32(35(42)37(45-3)36(44-2)33(27)40)19-11-10-14-20-46-38(43)31(26-39)25-28-23-29(17-12-15-21-47(4,5)6)34(41)30(24-28)18-13-16-22-48(7,8)9/h23-25,41H,10-11,14,19-20H2,1-9H3/b31-25+. The summed E-state index contributed by atoms with van der Waals surface area (Å²) >= 11 is 0. The highest BCUT2D eigenvalue weighted by atomic mass is 28.3. The van der Waals surface area contributed by atoms with Gasteiger partial charge in [-0.15, -0.1) is 11.1 Å². The number of phenolic OH excluding ortho intramolecular Hbond substituents is 1. The molecular weight excluding hydrogens is 639 g/mol. The van der Waals surface area contributed by atoms with E-state index in [1.165, 1.54) is 20.3 Å². The number of benzene rings is 1. The summed E-state index contributed by atoms with van der Waals surface area (Å²) in [5.74, 6) is 15.1. The topological polar surface area (TPSA) is 123 Å². The van der Waals surface area contributed by atoms with Gasteiger partial charge < -0.3 is 19.3 Å². The van der Waals surface area contributed by atoms with Crippen molar-refractivity contribution in [3.05, 3.63) is 57.1 Å². The van der Waals surface area contributed by atoms with Crippen LogP contribution in [0.15, 0.2) is 40.4 Å². The maximum absolute atomic E-state index is 12.8. The first-order chi connectivity index (χ1) is 22.5. The number of nitriles is 1. The number of ether oxygens (including phenoxy) is 3. The Labute approximate surface area is 286 Å². The van der Waals surface area contributed by atoms with Crippen LogP contribution in [0.1, 0.15) is 49.3 Å². The van der Waals surface area contributed by atoms with Crippen LogP contribution < -0.4 is 0 Å². The first kappa shape index (κ1) is 39.0. The summed E-state index contributed by atoms with van der Waals surface area (Å²) in [5.41, 5.74) is 7.67. The highest BCUT2D eigenvalue weighted by Gasteiger charge is 2.34. The number of allylic oxidation sites excluding steroid dienone is 2. The van der Waals surface area contributed by atoms with E-state index < -0.39 is 22.1 Å². The van der Waals surface area contributed by atoms with E-state index in [0.29, 0.717) is 42.4 Å². The van der Waals surface area contributed by atoms with Crippen LogP contribution in [0.25, 0.3) is 6.08 Å². The molecule has 0 fully saturated rings. The monoisotopic (exact) mass is 679 g/mol. The molecule has 2 rings (SSSR count). The second-order valence-corrected chi connectivity index (χ2v) is 22.4. The Kier molecular flexibility index (Phi) is 14.3. The molecule has 0 unspecified atom stereocenters. The van der Waals surface area contributed by atoms with Gasteiger partial charge in [-0.1, -0.05) is 39.3 Å². The molecule has 0 amide bonds.